The Morgan fingerprint density at radius 2 is 1.61 bits per heavy atom. The minimum Gasteiger partial charge on any atom is -0.478 e. The highest BCUT2D eigenvalue weighted by molar-refractivity contribution is 7.92. The molecule has 3 N–H and O–H groups in total. The first-order valence-corrected chi connectivity index (χ1v) is 13.7. The quantitative estimate of drug-likeness (QED) is 0.318. The van der Waals surface area contributed by atoms with Gasteiger partial charge < -0.3 is 15.1 Å². The predicted molar refractivity (Wildman–Crippen MR) is 146 cm³/mol. The highest BCUT2D eigenvalue weighted by Crippen LogP contribution is 2.27. The number of nitrogens with one attached hydrogen (secondary N) is 1. The van der Waals surface area contributed by atoms with E-state index < -0.39 is 28.1 Å². The number of carboxylic acids is 2. The molecule has 0 bridgehead atoms. The summed E-state index contributed by atoms with van der Waals surface area (Å²) in [6.45, 7) is 10.5. The fourth-order valence-electron chi connectivity index (χ4n) is 4.22. The Kier molecular flexibility index (Phi) is 10.5. The van der Waals surface area contributed by atoms with Crippen LogP contribution in [0.3, 0.4) is 0 Å². The molecule has 0 radical (unpaired) electrons. The van der Waals surface area contributed by atoms with Crippen LogP contribution in [0.15, 0.2) is 35.4 Å². The zero-order valence-corrected chi connectivity index (χ0v) is 24.2. The summed E-state index contributed by atoms with van der Waals surface area (Å²) in [5, 5.41) is 21.4. The molecule has 0 amide bonds. The molecule has 2 heterocycles. The van der Waals surface area contributed by atoms with Gasteiger partial charge in [-0.05, 0) is 57.4 Å². The molecule has 0 atom stereocenters. The molecule has 3 aromatic rings. The second-order valence-electron chi connectivity index (χ2n) is 9.39. The molecule has 11 nitrogen and oxygen atoms in total. The maximum atomic E-state index is 13.1. The number of aromatic carboxylic acids is 1. The molecule has 3 rings (SSSR count). The Bertz CT molecular complexity index is 1510. The summed E-state index contributed by atoms with van der Waals surface area (Å²) in [7, 11) is -2.19. The third kappa shape index (κ3) is 8.67. The third-order valence-corrected chi connectivity index (χ3v) is 7.33. The average molecular weight is 600 g/mol. The number of aromatic nitrogens is 3. The number of pyridine rings is 1. The Labute approximate surface area is 235 Å². The summed E-state index contributed by atoms with van der Waals surface area (Å²) >= 11 is 0. The van der Waals surface area contributed by atoms with E-state index in [4.69, 9.17) is 9.90 Å². The van der Waals surface area contributed by atoms with Crippen molar-refractivity contribution in [3.63, 3.8) is 0 Å². The molecule has 15 heteroatoms. The monoisotopic (exact) mass is 599 g/mol. The van der Waals surface area contributed by atoms with Gasteiger partial charge >= 0.3 is 18.1 Å². The molecule has 0 unspecified atom stereocenters. The molecular formula is C26H32F3N5O6S. The van der Waals surface area contributed by atoms with Gasteiger partial charge in [-0.1, -0.05) is 24.6 Å². The van der Waals surface area contributed by atoms with Crippen molar-refractivity contribution in [3.8, 4) is 0 Å². The van der Waals surface area contributed by atoms with Crippen LogP contribution in [0, 0.1) is 27.7 Å². The van der Waals surface area contributed by atoms with Crippen molar-refractivity contribution in [1.82, 2.24) is 14.8 Å². The molecule has 0 aliphatic heterocycles. The fraction of sp³-hybridized carbons (Fsp3) is 0.385. The molecule has 0 saturated heterocycles. The standard InChI is InChI=1S/C24H31N5O4S.C2HF3O2/c1-7-8-29-20(11-18(5)26-29)14-28(6)23-21(24(30)31)12-19(13-25-23)27-34(32,33)22-16(3)9-15(2)10-17(22)4;3-2(4,5)1(6)7/h9-13,27H,7-8,14H2,1-6H3,(H,30,31);(H,6,7). The Morgan fingerprint density at radius 3 is 2.10 bits per heavy atom. The topological polar surface area (TPSA) is 155 Å². The number of aryl methyl sites for hydroxylation is 5. The Morgan fingerprint density at radius 1 is 1.05 bits per heavy atom. The van der Waals surface area contributed by atoms with Gasteiger partial charge in [0.1, 0.15) is 11.4 Å². The fourth-order valence-corrected chi connectivity index (χ4v) is 5.71. The zero-order valence-electron chi connectivity index (χ0n) is 23.4. The van der Waals surface area contributed by atoms with E-state index >= 15 is 0 Å². The number of alkyl halides is 3. The van der Waals surface area contributed by atoms with E-state index in [-0.39, 0.29) is 22.0 Å². The van der Waals surface area contributed by atoms with E-state index in [9.17, 15) is 31.5 Å². The van der Waals surface area contributed by atoms with Crippen molar-refractivity contribution in [2.24, 2.45) is 0 Å². The van der Waals surface area contributed by atoms with Crippen molar-refractivity contribution in [1.29, 1.82) is 0 Å². The van der Waals surface area contributed by atoms with E-state index in [0.717, 1.165) is 29.9 Å². The second kappa shape index (κ2) is 13.0. The highest BCUT2D eigenvalue weighted by Gasteiger charge is 2.38. The lowest BCUT2D eigenvalue weighted by molar-refractivity contribution is -0.192. The summed E-state index contributed by atoms with van der Waals surface area (Å²) in [5.74, 6) is -3.72. The van der Waals surface area contributed by atoms with Gasteiger partial charge in [-0.3, -0.25) is 9.40 Å². The maximum absolute atomic E-state index is 13.1. The van der Waals surface area contributed by atoms with Gasteiger partial charge in [-0.2, -0.15) is 18.3 Å². The van der Waals surface area contributed by atoms with Crippen molar-refractivity contribution in [3.05, 3.63) is 64.1 Å². The Balaban J connectivity index is 0.000000745. The SMILES string of the molecule is CCCn1nc(C)cc1CN(C)c1ncc(NS(=O)(=O)c2c(C)cc(C)cc2C)cc1C(=O)O.O=C(O)C(F)(F)F. The number of sulfonamides is 1. The first-order valence-electron chi connectivity index (χ1n) is 12.3. The first-order chi connectivity index (χ1) is 18.9. The Hall–Kier alpha value is -4.14. The second-order valence-corrected chi connectivity index (χ2v) is 11.0. The van der Waals surface area contributed by atoms with Crippen LogP contribution in [0.1, 0.15) is 51.8 Å². The van der Waals surface area contributed by atoms with E-state index in [2.05, 4.69) is 21.7 Å². The highest BCUT2D eigenvalue weighted by atomic mass is 32.2. The molecule has 0 aliphatic carbocycles. The summed E-state index contributed by atoms with van der Waals surface area (Å²) in [5.41, 5.74) is 4.01. The van der Waals surface area contributed by atoms with Gasteiger partial charge in [0.25, 0.3) is 10.0 Å². The lowest BCUT2D eigenvalue weighted by Gasteiger charge is -2.21. The van der Waals surface area contributed by atoms with E-state index in [1.807, 2.05) is 24.6 Å². The van der Waals surface area contributed by atoms with Gasteiger partial charge in [0.05, 0.1) is 34.7 Å². The lowest BCUT2D eigenvalue weighted by Crippen LogP contribution is -2.23. The van der Waals surface area contributed by atoms with Crippen LogP contribution in [0.25, 0.3) is 0 Å². The van der Waals surface area contributed by atoms with Crippen LogP contribution < -0.4 is 9.62 Å². The maximum Gasteiger partial charge on any atom is 0.490 e. The van der Waals surface area contributed by atoms with Crippen LogP contribution in [-0.2, 0) is 27.9 Å². The minimum absolute atomic E-state index is 0.0841. The number of hydrogen-bond acceptors (Lipinski definition) is 7. The van der Waals surface area contributed by atoms with Crippen molar-refractivity contribution < 1.29 is 41.4 Å². The van der Waals surface area contributed by atoms with Gasteiger partial charge in [0.2, 0.25) is 0 Å². The molecular weight excluding hydrogens is 567 g/mol. The van der Waals surface area contributed by atoms with Gasteiger partial charge in [-0.25, -0.2) is 23.0 Å². The number of benzene rings is 1. The van der Waals surface area contributed by atoms with Crippen molar-refractivity contribution in [2.45, 2.75) is 65.2 Å². The summed E-state index contributed by atoms with van der Waals surface area (Å²) < 4.78 is 62.3. The summed E-state index contributed by atoms with van der Waals surface area (Å²) in [6, 6.07) is 6.85. The zero-order chi connectivity index (χ0) is 31.3. The molecule has 2 aromatic heterocycles. The van der Waals surface area contributed by atoms with Crippen LogP contribution in [-0.4, -0.2) is 58.6 Å². The lowest BCUT2D eigenvalue weighted by atomic mass is 10.1. The van der Waals surface area contributed by atoms with Gasteiger partial charge in [0, 0.05) is 13.6 Å². The first kappa shape index (κ1) is 33.1. The normalized spacial score (nSPS) is 11.4. The third-order valence-electron chi connectivity index (χ3n) is 5.65. The van der Waals surface area contributed by atoms with Crippen LogP contribution in [0.2, 0.25) is 0 Å². The number of rotatable bonds is 9. The molecule has 0 fully saturated rings. The molecule has 1 aromatic carbocycles. The number of halogens is 3. The average Bonchev–Trinajstić information content (AvgIpc) is 3.16. The van der Waals surface area contributed by atoms with E-state index in [1.54, 1.807) is 37.9 Å². The smallest absolute Gasteiger partial charge is 0.478 e. The summed E-state index contributed by atoms with van der Waals surface area (Å²) in [4.78, 5) is 27.1. The molecule has 0 aliphatic rings. The predicted octanol–water partition coefficient (Wildman–Crippen LogP) is 4.69. The van der Waals surface area contributed by atoms with E-state index in [1.165, 1.54) is 12.3 Å². The number of aliphatic carboxylic acids is 1. The molecule has 0 spiro atoms. The van der Waals surface area contributed by atoms with Gasteiger partial charge in [0.15, 0.2) is 0 Å². The van der Waals surface area contributed by atoms with E-state index in [0.29, 0.717) is 17.7 Å². The molecule has 41 heavy (non-hydrogen) atoms. The minimum atomic E-state index is -5.08. The largest absolute Gasteiger partial charge is 0.490 e. The number of anilines is 2. The molecule has 224 valence electrons. The van der Waals surface area contributed by atoms with Gasteiger partial charge in [-0.15, -0.1) is 0 Å². The number of carbonyl (C=O) groups is 2. The number of hydrogen-bond donors (Lipinski definition) is 3. The van der Waals surface area contributed by atoms with Crippen LogP contribution >= 0.6 is 0 Å². The number of carboxylic acid groups (broad SMARTS) is 2. The van der Waals surface area contributed by atoms with Crippen molar-refractivity contribution in [2.75, 3.05) is 16.7 Å². The number of nitrogens with zero attached hydrogens (tertiary/aromatic N) is 4. The van der Waals surface area contributed by atoms with Crippen LogP contribution in [0.5, 0.6) is 0 Å². The molecule has 0 saturated carbocycles. The summed E-state index contributed by atoms with van der Waals surface area (Å²) in [6.07, 6.45) is -2.82. The van der Waals surface area contributed by atoms with Crippen LogP contribution in [0.4, 0.5) is 24.7 Å². The van der Waals surface area contributed by atoms with Crippen molar-refractivity contribution >= 4 is 33.5 Å².